The van der Waals surface area contributed by atoms with E-state index >= 15 is 0 Å². The number of rotatable bonds is 15. The van der Waals surface area contributed by atoms with Crippen LogP contribution in [-0.2, 0) is 17.8 Å². The average molecular weight is 583 g/mol. The van der Waals surface area contributed by atoms with Crippen LogP contribution in [0, 0.1) is 0 Å². The second kappa shape index (κ2) is 15.2. The number of hydrogen-bond donors (Lipinski definition) is 4. The predicted octanol–water partition coefficient (Wildman–Crippen LogP) is 3.60. The molecule has 0 unspecified atom stereocenters. The largest absolute Gasteiger partial charge is 0.489 e. The van der Waals surface area contributed by atoms with Crippen LogP contribution in [0.15, 0.2) is 54.6 Å². The zero-order valence-electron chi connectivity index (χ0n) is 24.0. The maximum Gasteiger partial charge on any atom is 0.274 e. The van der Waals surface area contributed by atoms with Crippen LogP contribution in [0.5, 0.6) is 5.75 Å². The van der Waals surface area contributed by atoms with Gasteiger partial charge in [-0.1, -0.05) is 54.1 Å². The molecule has 0 aliphatic rings. The van der Waals surface area contributed by atoms with Gasteiger partial charge in [-0.15, -0.1) is 0 Å². The van der Waals surface area contributed by atoms with Crippen molar-refractivity contribution in [3.05, 3.63) is 76.6 Å². The fraction of sp³-hybridized carbons (Fsp3) is 0.400. The molecule has 0 saturated carbocycles. The first kappa shape index (κ1) is 31.6. The highest BCUT2D eigenvalue weighted by molar-refractivity contribution is 6.31. The smallest absolute Gasteiger partial charge is 0.274 e. The Morgan fingerprint density at radius 2 is 1.63 bits per heavy atom. The van der Waals surface area contributed by atoms with Gasteiger partial charge in [-0.3, -0.25) is 9.59 Å². The Balaban J connectivity index is 1.33. The number of hydrogen-bond acceptors (Lipinski definition) is 7. The molecule has 41 heavy (non-hydrogen) atoms. The van der Waals surface area contributed by atoms with Crippen molar-refractivity contribution >= 4 is 35.1 Å². The average Bonchev–Trinajstić information content (AvgIpc) is 2.94. The van der Waals surface area contributed by atoms with Gasteiger partial charge in [0.25, 0.3) is 5.91 Å². The maximum atomic E-state index is 12.6. The lowest BCUT2D eigenvalue weighted by Gasteiger charge is -2.34. The van der Waals surface area contributed by atoms with Crippen molar-refractivity contribution in [2.24, 2.45) is 0 Å². The number of quaternary nitrogens is 1. The van der Waals surface area contributed by atoms with Gasteiger partial charge in [0.05, 0.1) is 27.7 Å². The van der Waals surface area contributed by atoms with Crippen molar-refractivity contribution in [2.75, 3.05) is 45.7 Å². The van der Waals surface area contributed by atoms with E-state index in [-0.39, 0.29) is 34.4 Å². The van der Waals surface area contributed by atoms with Gasteiger partial charge in [0, 0.05) is 19.4 Å². The molecule has 10 nitrogen and oxygen atoms in total. The van der Waals surface area contributed by atoms with Gasteiger partial charge in [-0.2, -0.15) is 0 Å². The van der Waals surface area contributed by atoms with Gasteiger partial charge in [0.15, 0.2) is 22.5 Å². The van der Waals surface area contributed by atoms with Crippen LogP contribution in [0.3, 0.4) is 0 Å². The summed E-state index contributed by atoms with van der Waals surface area (Å²) in [5.74, 6) is 0.312. The van der Waals surface area contributed by atoms with Gasteiger partial charge >= 0.3 is 0 Å². The maximum absolute atomic E-state index is 12.6. The van der Waals surface area contributed by atoms with Crippen LogP contribution in [-0.4, -0.2) is 66.5 Å². The van der Waals surface area contributed by atoms with E-state index in [0.717, 1.165) is 36.1 Å². The molecule has 0 saturated heterocycles. The Labute approximate surface area is 247 Å². The summed E-state index contributed by atoms with van der Waals surface area (Å²) < 4.78 is 6.49. The van der Waals surface area contributed by atoms with Gasteiger partial charge in [-0.25, -0.2) is 9.97 Å². The normalized spacial score (nSPS) is 12.0. The molecule has 11 heteroatoms. The second-order valence-corrected chi connectivity index (χ2v) is 11.2. The van der Waals surface area contributed by atoms with Crippen molar-refractivity contribution in [1.29, 1.82) is 0 Å². The van der Waals surface area contributed by atoms with Crippen LogP contribution in [0.1, 0.15) is 47.3 Å². The highest BCUT2D eigenvalue weighted by Gasteiger charge is 2.25. The molecule has 1 heterocycles. The number of aryl methyl sites for hydroxylation is 1. The second-order valence-electron chi connectivity index (χ2n) is 10.9. The van der Waals surface area contributed by atoms with E-state index in [1.807, 2.05) is 54.6 Å². The molecule has 0 bridgehead atoms. The zero-order chi connectivity index (χ0) is 29.8. The number of carbonyl (C=O) groups is 2. The van der Waals surface area contributed by atoms with Crippen LogP contribution in [0.25, 0.3) is 0 Å². The standard InChI is InChI=1S/C30H40ClN7O3/c1-38(2,3)23(19-35-30(40)26-28(32)37-29(33)27(31)36-26)11-7-8-18-34-25(39)17-14-21-12-15-24(16-13-21)41-20-22-9-5-4-6-10-22/h4-6,9-10,12-13,15-16,23H,7-8,11,14,17-20H2,1-3H3,(H5-,32,33,34,35,37,39,40)/p+1/t23-/m0/s1. The number of unbranched alkanes of at least 4 members (excludes halogenated alkanes) is 1. The van der Waals surface area contributed by atoms with Gasteiger partial charge in [0.1, 0.15) is 18.4 Å². The van der Waals surface area contributed by atoms with Crippen molar-refractivity contribution in [3.63, 3.8) is 0 Å². The summed E-state index contributed by atoms with van der Waals surface area (Å²) in [6.45, 7) is 1.56. The van der Waals surface area contributed by atoms with Crippen LogP contribution < -0.4 is 26.8 Å². The Morgan fingerprint density at radius 1 is 0.927 bits per heavy atom. The molecular formula is C30H41ClN7O3+. The molecule has 3 aromatic rings. The minimum atomic E-state index is -0.447. The van der Waals surface area contributed by atoms with E-state index in [0.29, 0.717) is 37.0 Å². The van der Waals surface area contributed by atoms with Gasteiger partial charge in [-0.05, 0) is 42.5 Å². The molecule has 2 aromatic carbocycles. The van der Waals surface area contributed by atoms with Crippen molar-refractivity contribution in [3.8, 4) is 5.75 Å². The lowest BCUT2D eigenvalue weighted by molar-refractivity contribution is -0.895. The summed E-state index contributed by atoms with van der Waals surface area (Å²) in [7, 11) is 6.23. The first-order valence-corrected chi connectivity index (χ1v) is 14.1. The van der Waals surface area contributed by atoms with Gasteiger partial charge in [0.2, 0.25) is 5.91 Å². The summed E-state index contributed by atoms with van der Waals surface area (Å²) in [6, 6.07) is 18.1. The summed E-state index contributed by atoms with van der Waals surface area (Å²) in [4.78, 5) is 32.8. The Hall–Kier alpha value is -3.89. The zero-order valence-corrected chi connectivity index (χ0v) is 24.8. The Morgan fingerprint density at radius 3 is 2.32 bits per heavy atom. The fourth-order valence-corrected chi connectivity index (χ4v) is 4.37. The third kappa shape index (κ3) is 10.5. The van der Waals surface area contributed by atoms with Crippen molar-refractivity contribution in [1.82, 2.24) is 20.6 Å². The predicted molar refractivity (Wildman–Crippen MR) is 162 cm³/mol. The molecule has 0 spiro atoms. The third-order valence-corrected chi connectivity index (χ3v) is 7.09. The van der Waals surface area contributed by atoms with Crippen LogP contribution in [0.2, 0.25) is 5.15 Å². The molecule has 220 valence electrons. The number of carbonyl (C=O) groups excluding carboxylic acids is 2. The minimum Gasteiger partial charge on any atom is -0.489 e. The Kier molecular flexibility index (Phi) is 11.7. The molecule has 1 atom stereocenters. The number of anilines is 2. The number of nitrogens with zero attached hydrogens (tertiary/aromatic N) is 3. The molecule has 3 rings (SSSR count). The molecule has 0 fully saturated rings. The third-order valence-electron chi connectivity index (χ3n) is 6.81. The van der Waals surface area contributed by atoms with Crippen LogP contribution in [0.4, 0.5) is 11.6 Å². The number of nitrogens with one attached hydrogen (secondary N) is 2. The lowest BCUT2D eigenvalue weighted by Crippen LogP contribution is -2.51. The summed E-state index contributed by atoms with van der Waals surface area (Å²) in [5.41, 5.74) is 13.6. The molecule has 2 amide bonds. The van der Waals surface area contributed by atoms with E-state index < -0.39 is 5.91 Å². The van der Waals surface area contributed by atoms with E-state index in [1.165, 1.54) is 0 Å². The number of halogens is 1. The van der Waals surface area contributed by atoms with Crippen molar-refractivity contribution < 1.29 is 18.8 Å². The number of likely N-dealkylation sites (N-methyl/N-ethyl adjacent to an activating group) is 1. The van der Waals surface area contributed by atoms with E-state index in [1.54, 1.807) is 0 Å². The first-order chi connectivity index (χ1) is 19.5. The number of nitrogens with two attached hydrogens (primary N) is 2. The molecule has 1 aromatic heterocycles. The summed E-state index contributed by atoms with van der Waals surface area (Å²) in [6.07, 6.45) is 3.70. The number of amides is 2. The van der Waals surface area contributed by atoms with Gasteiger partial charge < -0.3 is 31.3 Å². The first-order valence-electron chi connectivity index (χ1n) is 13.7. The molecule has 0 aliphatic heterocycles. The number of nitrogen functional groups attached to an aromatic ring is 2. The number of ether oxygens (including phenoxy) is 1. The molecular weight excluding hydrogens is 542 g/mol. The quantitative estimate of drug-likeness (QED) is 0.158. The topological polar surface area (TPSA) is 145 Å². The van der Waals surface area contributed by atoms with E-state index in [4.69, 9.17) is 27.8 Å². The molecule has 6 N–H and O–H groups in total. The lowest BCUT2D eigenvalue weighted by atomic mass is 10.1. The SMILES string of the molecule is C[N+](C)(C)[C@@H](CCCCNC(=O)CCc1ccc(OCc2ccccc2)cc1)CNC(=O)c1nc(Cl)c(N)nc1N. The highest BCUT2D eigenvalue weighted by Crippen LogP contribution is 2.18. The molecule has 0 aliphatic carbocycles. The van der Waals surface area contributed by atoms with Crippen molar-refractivity contribution in [2.45, 2.75) is 44.8 Å². The molecule has 0 radical (unpaired) electrons. The highest BCUT2D eigenvalue weighted by atomic mass is 35.5. The summed E-state index contributed by atoms with van der Waals surface area (Å²) in [5, 5.41) is 5.84. The minimum absolute atomic E-state index is 0.0176. The van der Waals surface area contributed by atoms with Crippen LogP contribution >= 0.6 is 11.6 Å². The number of aromatic nitrogens is 2. The number of benzene rings is 2. The fourth-order valence-electron chi connectivity index (χ4n) is 4.24. The summed E-state index contributed by atoms with van der Waals surface area (Å²) >= 11 is 5.90. The monoisotopic (exact) mass is 582 g/mol. The van der Waals surface area contributed by atoms with E-state index in [9.17, 15) is 9.59 Å². The van der Waals surface area contributed by atoms with E-state index in [2.05, 4.69) is 41.7 Å². The Bertz CT molecular complexity index is 1280.